The van der Waals surface area contributed by atoms with Crippen molar-refractivity contribution in [2.24, 2.45) is 0 Å². The lowest BCUT2D eigenvalue weighted by Gasteiger charge is -2.16. The molecular weight excluding hydrogens is 282 g/mol. The molecule has 0 fully saturated rings. The first-order valence-electron chi connectivity index (χ1n) is 7.44. The zero-order chi connectivity index (χ0) is 16.4. The molecule has 0 aliphatic rings. The Balaban J connectivity index is 2.40. The minimum atomic E-state index is 0.278. The molecule has 0 aliphatic carbocycles. The van der Waals surface area contributed by atoms with Crippen LogP contribution in [0.2, 0.25) is 0 Å². The largest absolute Gasteiger partial charge is 0.383 e. The van der Waals surface area contributed by atoms with Gasteiger partial charge in [-0.15, -0.1) is 0 Å². The highest BCUT2D eigenvalue weighted by atomic mass is 14.8. The number of hydrogen-bond donors (Lipinski definition) is 1. The molecule has 0 amide bonds. The zero-order valence-corrected chi connectivity index (χ0v) is 13.2. The summed E-state index contributed by atoms with van der Waals surface area (Å²) in [5.41, 5.74) is 12.3. The summed E-state index contributed by atoms with van der Waals surface area (Å²) in [6.07, 6.45) is 0. The monoisotopic (exact) mass is 299 g/mol. The molecule has 3 heteroatoms. The molecule has 3 rings (SSSR count). The number of nitrogens with two attached hydrogens (primary N) is 1. The van der Waals surface area contributed by atoms with Gasteiger partial charge in [0.1, 0.15) is 17.5 Å². The van der Waals surface area contributed by atoms with Crippen LogP contribution in [0.15, 0.2) is 54.6 Å². The molecular formula is C20H17N3. The van der Waals surface area contributed by atoms with Gasteiger partial charge in [0.25, 0.3) is 0 Å². The predicted octanol–water partition coefficient (Wildman–Crippen LogP) is 4.49. The van der Waals surface area contributed by atoms with Crippen LogP contribution >= 0.6 is 0 Å². The third-order valence-electron chi connectivity index (χ3n) is 3.92. The fourth-order valence-corrected chi connectivity index (χ4v) is 2.81. The van der Waals surface area contributed by atoms with Crippen LogP contribution in [0.5, 0.6) is 0 Å². The molecule has 112 valence electrons. The second-order valence-corrected chi connectivity index (χ2v) is 5.55. The molecule has 2 aromatic carbocycles. The van der Waals surface area contributed by atoms with Crippen molar-refractivity contribution in [1.82, 2.24) is 4.98 Å². The Morgan fingerprint density at radius 3 is 2.09 bits per heavy atom. The van der Waals surface area contributed by atoms with Crippen molar-refractivity contribution in [3.05, 3.63) is 71.4 Å². The van der Waals surface area contributed by atoms with Gasteiger partial charge in [0.05, 0.1) is 0 Å². The lowest BCUT2D eigenvalue weighted by Crippen LogP contribution is -2.03. The first-order chi connectivity index (χ1) is 11.1. The zero-order valence-electron chi connectivity index (χ0n) is 13.2. The highest BCUT2D eigenvalue weighted by molar-refractivity contribution is 5.91. The normalized spacial score (nSPS) is 10.3. The van der Waals surface area contributed by atoms with Crippen LogP contribution in [-0.4, -0.2) is 4.98 Å². The standard InChI is InChI=1S/C20H17N3/c1-13-8-10-16(11-9-13)19-17(12-21)20(22)23-14(2)18(19)15-6-4-3-5-7-15/h3-11H,1-2H3,(H2,22,23). The lowest BCUT2D eigenvalue weighted by atomic mass is 9.90. The fraction of sp³-hybridized carbons (Fsp3) is 0.100. The van der Waals surface area contributed by atoms with Crippen LogP contribution in [0.25, 0.3) is 22.3 Å². The van der Waals surface area contributed by atoms with E-state index in [1.54, 1.807) is 0 Å². The summed E-state index contributed by atoms with van der Waals surface area (Å²) in [4.78, 5) is 4.38. The highest BCUT2D eigenvalue weighted by Crippen LogP contribution is 2.38. The number of nitrogens with zero attached hydrogens (tertiary/aromatic N) is 2. The summed E-state index contributed by atoms with van der Waals surface area (Å²) in [7, 11) is 0. The molecule has 0 spiro atoms. The Kier molecular flexibility index (Phi) is 3.82. The van der Waals surface area contributed by atoms with E-state index in [0.717, 1.165) is 27.9 Å². The van der Waals surface area contributed by atoms with Gasteiger partial charge in [-0.1, -0.05) is 60.2 Å². The minimum Gasteiger partial charge on any atom is -0.383 e. The van der Waals surface area contributed by atoms with Gasteiger partial charge < -0.3 is 5.73 Å². The van der Waals surface area contributed by atoms with Crippen molar-refractivity contribution in [2.75, 3.05) is 5.73 Å². The summed E-state index contributed by atoms with van der Waals surface area (Å²) >= 11 is 0. The Hall–Kier alpha value is -3.12. The summed E-state index contributed by atoms with van der Waals surface area (Å²) in [5, 5.41) is 9.61. The van der Waals surface area contributed by atoms with Gasteiger partial charge in [0.15, 0.2) is 0 Å². The van der Waals surface area contributed by atoms with Gasteiger partial charge in [0, 0.05) is 16.8 Å². The van der Waals surface area contributed by atoms with E-state index in [2.05, 4.69) is 11.1 Å². The topological polar surface area (TPSA) is 62.7 Å². The first kappa shape index (κ1) is 14.8. The quantitative estimate of drug-likeness (QED) is 0.758. The summed E-state index contributed by atoms with van der Waals surface area (Å²) in [5.74, 6) is 0.278. The van der Waals surface area contributed by atoms with E-state index in [0.29, 0.717) is 5.56 Å². The minimum absolute atomic E-state index is 0.278. The van der Waals surface area contributed by atoms with Crippen molar-refractivity contribution < 1.29 is 0 Å². The smallest absolute Gasteiger partial charge is 0.142 e. The lowest BCUT2D eigenvalue weighted by molar-refractivity contribution is 1.20. The molecule has 1 heterocycles. The Morgan fingerprint density at radius 2 is 1.48 bits per heavy atom. The first-order valence-corrected chi connectivity index (χ1v) is 7.44. The second kappa shape index (κ2) is 5.94. The third kappa shape index (κ3) is 2.67. The summed E-state index contributed by atoms with van der Waals surface area (Å²) in [6, 6.07) is 20.3. The van der Waals surface area contributed by atoms with E-state index in [-0.39, 0.29) is 5.82 Å². The number of benzene rings is 2. The van der Waals surface area contributed by atoms with Gasteiger partial charge in [-0.25, -0.2) is 4.98 Å². The SMILES string of the molecule is Cc1ccc(-c2c(C#N)c(N)nc(C)c2-c2ccccc2)cc1. The molecule has 3 aromatic rings. The fourth-order valence-electron chi connectivity index (χ4n) is 2.81. The van der Waals surface area contributed by atoms with Gasteiger partial charge >= 0.3 is 0 Å². The highest BCUT2D eigenvalue weighted by Gasteiger charge is 2.19. The van der Waals surface area contributed by atoms with Gasteiger partial charge in [0.2, 0.25) is 0 Å². The molecule has 2 N–H and O–H groups in total. The average Bonchev–Trinajstić information content (AvgIpc) is 2.56. The van der Waals surface area contributed by atoms with Crippen molar-refractivity contribution in [3.63, 3.8) is 0 Å². The van der Waals surface area contributed by atoms with Gasteiger partial charge in [-0.05, 0) is 25.0 Å². The van der Waals surface area contributed by atoms with Crippen molar-refractivity contribution in [2.45, 2.75) is 13.8 Å². The average molecular weight is 299 g/mol. The molecule has 0 saturated heterocycles. The molecule has 0 unspecified atom stereocenters. The van der Waals surface area contributed by atoms with Gasteiger partial charge in [-0.2, -0.15) is 5.26 Å². The summed E-state index contributed by atoms with van der Waals surface area (Å²) in [6.45, 7) is 3.97. The van der Waals surface area contributed by atoms with Crippen molar-refractivity contribution in [3.8, 4) is 28.3 Å². The second-order valence-electron chi connectivity index (χ2n) is 5.55. The Labute approximate surface area is 136 Å². The molecule has 0 bridgehead atoms. The van der Waals surface area contributed by atoms with Gasteiger partial charge in [-0.3, -0.25) is 0 Å². The maximum Gasteiger partial charge on any atom is 0.142 e. The number of aromatic nitrogens is 1. The van der Waals surface area contributed by atoms with E-state index in [1.807, 2.05) is 68.4 Å². The van der Waals surface area contributed by atoms with Crippen LogP contribution in [0.1, 0.15) is 16.8 Å². The molecule has 3 nitrogen and oxygen atoms in total. The van der Waals surface area contributed by atoms with E-state index >= 15 is 0 Å². The van der Waals surface area contributed by atoms with Crippen molar-refractivity contribution in [1.29, 1.82) is 5.26 Å². The Bertz CT molecular complexity index is 889. The maximum atomic E-state index is 9.61. The van der Waals surface area contributed by atoms with Crippen LogP contribution < -0.4 is 5.73 Å². The van der Waals surface area contributed by atoms with Crippen LogP contribution in [0, 0.1) is 25.2 Å². The van der Waals surface area contributed by atoms with E-state index in [9.17, 15) is 5.26 Å². The molecule has 1 aromatic heterocycles. The van der Waals surface area contributed by atoms with E-state index in [1.165, 1.54) is 5.56 Å². The van der Waals surface area contributed by atoms with Crippen LogP contribution in [0.4, 0.5) is 5.82 Å². The number of pyridine rings is 1. The maximum absolute atomic E-state index is 9.61. The van der Waals surface area contributed by atoms with Crippen LogP contribution in [0.3, 0.4) is 0 Å². The summed E-state index contributed by atoms with van der Waals surface area (Å²) < 4.78 is 0. The number of nitrogen functional groups attached to an aromatic ring is 1. The third-order valence-corrected chi connectivity index (χ3v) is 3.92. The number of anilines is 1. The molecule has 0 saturated carbocycles. The Morgan fingerprint density at radius 1 is 0.870 bits per heavy atom. The molecule has 0 atom stereocenters. The van der Waals surface area contributed by atoms with E-state index < -0.39 is 0 Å². The molecule has 0 aliphatic heterocycles. The number of aryl methyl sites for hydroxylation is 2. The number of rotatable bonds is 2. The number of nitriles is 1. The van der Waals surface area contributed by atoms with Crippen LogP contribution in [-0.2, 0) is 0 Å². The molecule has 23 heavy (non-hydrogen) atoms. The molecule has 0 radical (unpaired) electrons. The van der Waals surface area contributed by atoms with E-state index in [4.69, 9.17) is 5.73 Å². The van der Waals surface area contributed by atoms with Crippen molar-refractivity contribution >= 4 is 5.82 Å². The number of hydrogen-bond acceptors (Lipinski definition) is 3. The predicted molar refractivity (Wildman–Crippen MR) is 93.7 cm³/mol.